The smallest absolute Gasteiger partial charge is 0.424 e. The van der Waals surface area contributed by atoms with Crippen LogP contribution in [0.2, 0.25) is 5.02 Å². The van der Waals surface area contributed by atoms with Crippen molar-refractivity contribution >= 4 is 23.4 Å². The normalized spacial score (nSPS) is 12.8. The van der Waals surface area contributed by atoms with E-state index in [-0.39, 0.29) is 39.7 Å². The van der Waals surface area contributed by atoms with E-state index in [1.807, 2.05) is 6.92 Å². The molecule has 0 bridgehead atoms. The first-order valence-corrected chi connectivity index (χ1v) is 12.8. The Morgan fingerprint density at radius 1 is 1.05 bits per heavy atom. The second kappa shape index (κ2) is 13.2. The Morgan fingerprint density at radius 3 is 2.39 bits per heavy atom. The molecule has 0 aliphatic rings. The van der Waals surface area contributed by atoms with Crippen LogP contribution in [0.1, 0.15) is 41.9 Å². The van der Waals surface area contributed by atoms with Gasteiger partial charge in [0.2, 0.25) is 11.5 Å². The summed E-state index contributed by atoms with van der Waals surface area (Å²) in [4.78, 5) is 28.3. The SMILES string of the molecule is CCCOc1ccc(C(=O)NCC(O)(c2cc(CNC(C)=O)cc(-c3ccc(F)c(Cl)c3)n2)C(F)(F)F)cc1OC. The van der Waals surface area contributed by atoms with Crippen LogP contribution in [0.25, 0.3) is 11.3 Å². The second-order valence-electron chi connectivity index (χ2n) is 9.04. The molecule has 0 aliphatic carbocycles. The number of nitrogens with zero attached hydrogens (tertiary/aromatic N) is 1. The third kappa shape index (κ3) is 7.65. The molecule has 3 rings (SSSR count). The van der Waals surface area contributed by atoms with Crippen LogP contribution in [-0.2, 0) is 16.9 Å². The Bertz CT molecular complexity index is 1420. The van der Waals surface area contributed by atoms with Crippen LogP contribution in [0.15, 0.2) is 48.5 Å². The highest BCUT2D eigenvalue weighted by Gasteiger charge is 2.56. The molecule has 13 heteroatoms. The van der Waals surface area contributed by atoms with E-state index in [0.717, 1.165) is 18.6 Å². The average Bonchev–Trinajstić information content (AvgIpc) is 2.93. The summed E-state index contributed by atoms with van der Waals surface area (Å²) in [7, 11) is 1.35. The third-order valence-corrected chi connectivity index (χ3v) is 6.22. The van der Waals surface area contributed by atoms with Crippen LogP contribution in [0.5, 0.6) is 11.5 Å². The fraction of sp³-hybridized carbons (Fsp3) is 0.321. The van der Waals surface area contributed by atoms with Crippen molar-refractivity contribution in [2.75, 3.05) is 20.3 Å². The topological polar surface area (TPSA) is 110 Å². The monoisotopic (exact) mass is 597 g/mol. The largest absolute Gasteiger partial charge is 0.493 e. The zero-order valence-corrected chi connectivity index (χ0v) is 23.1. The van der Waals surface area contributed by atoms with Crippen molar-refractivity contribution in [2.45, 2.75) is 38.6 Å². The summed E-state index contributed by atoms with van der Waals surface area (Å²) >= 11 is 5.85. The molecular formula is C28H28ClF4N3O5. The maximum Gasteiger partial charge on any atom is 0.424 e. The third-order valence-electron chi connectivity index (χ3n) is 5.93. The van der Waals surface area contributed by atoms with Crippen molar-refractivity contribution in [3.8, 4) is 22.8 Å². The van der Waals surface area contributed by atoms with Gasteiger partial charge in [-0.05, 0) is 60.5 Å². The molecule has 0 aliphatic heterocycles. The van der Waals surface area contributed by atoms with Crippen molar-refractivity contribution in [1.82, 2.24) is 15.6 Å². The van der Waals surface area contributed by atoms with Gasteiger partial charge in [-0.1, -0.05) is 18.5 Å². The molecule has 1 heterocycles. The van der Waals surface area contributed by atoms with E-state index in [0.29, 0.717) is 12.4 Å². The predicted molar refractivity (Wildman–Crippen MR) is 143 cm³/mol. The fourth-order valence-corrected chi connectivity index (χ4v) is 3.90. The molecule has 0 fully saturated rings. The van der Waals surface area contributed by atoms with Crippen LogP contribution in [0.4, 0.5) is 17.6 Å². The van der Waals surface area contributed by atoms with E-state index >= 15 is 0 Å². The summed E-state index contributed by atoms with van der Waals surface area (Å²) in [6.45, 7) is 2.02. The van der Waals surface area contributed by atoms with Gasteiger partial charge in [0, 0.05) is 24.6 Å². The number of carbonyl (C=O) groups excluding carboxylic acids is 2. The van der Waals surface area contributed by atoms with Crippen LogP contribution in [-0.4, -0.2) is 48.3 Å². The van der Waals surface area contributed by atoms with Gasteiger partial charge in [-0.15, -0.1) is 0 Å². The first-order valence-electron chi connectivity index (χ1n) is 12.4. The predicted octanol–water partition coefficient (Wildman–Crippen LogP) is 5.15. The van der Waals surface area contributed by atoms with Crippen LogP contribution >= 0.6 is 11.6 Å². The molecule has 1 atom stereocenters. The molecule has 3 aromatic rings. The number of halogens is 5. The van der Waals surface area contributed by atoms with Gasteiger partial charge in [0.1, 0.15) is 5.82 Å². The lowest BCUT2D eigenvalue weighted by Gasteiger charge is -2.31. The van der Waals surface area contributed by atoms with E-state index < -0.39 is 41.6 Å². The number of hydrogen-bond acceptors (Lipinski definition) is 6. The molecule has 1 unspecified atom stereocenters. The van der Waals surface area contributed by atoms with Gasteiger partial charge in [0.05, 0.1) is 36.7 Å². The van der Waals surface area contributed by atoms with Gasteiger partial charge in [0.15, 0.2) is 11.5 Å². The molecule has 8 nitrogen and oxygen atoms in total. The number of nitrogens with one attached hydrogen (secondary N) is 2. The Hall–Kier alpha value is -3.90. The zero-order valence-electron chi connectivity index (χ0n) is 22.4. The first kappa shape index (κ1) is 31.6. The molecular weight excluding hydrogens is 570 g/mol. The summed E-state index contributed by atoms with van der Waals surface area (Å²) in [5.74, 6) is -1.57. The Kier molecular flexibility index (Phi) is 10.2. The van der Waals surface area contributed by atoms with Crippen molar-refractivity contribution < 1.29 is 41.7 Å². The molecule has 2 aromatic carbocycles. The van der Waals surface area contributed by atoms with E-state index in [2.05, 4.69) is 15.6 Å². The van der Waals surface area contributed by atoms with Gasteiger partial charge in [-0.25, -0.2) is 9.37 Å². The van der Waals surface area contributed by atoms with Crippen molar-refractivity contribution in [3.05, 3.63) is 76.2 Å². The number of hydrogen-bond donors (Lipinski definition) is 3. The van der Waals surface area contributed by atoms with Gasteiger partial charge in [-0.2, -0.15) is 13.2 Å². The minimum Gasteiger partial charge on any atom is -0.493 e. The van der Waals surface area contributed by atoms with Gasteiger partial charge in [0.25, 0.3) is 5.91 Å². The van der Waals surface area contributed by atoms with Crippen molar-refractivity contribution in [3.63, 3.8) is 0 Å². The fourth-order valence-electron chi connectivity index (χ4n) is 3.72. The average molecular weight is 598 g/mol. The molecule has 0 saturated carbocycles. The molecule has 220 valence electrons. The summed E-state index contributed by atoms with van der Waals surface area (Å²) in [5.41, 5.74) is -4.31. The minimum atomic E-state index is -5.30. The zero-order chi connectivity index (χ0) is 30.4. The number of carbonyl (C=O) groups is 2. The summed E-state index contributed by atoms with van der Waals surface area (Å²) in [6.07, 6.45) is -4.58. The summed E-state index contributed by atoms with van der Waals surface area (Å²) in [6, 6.07) is 9.87. The second-order valence-corrected chi connectivity index (χ2v) is 9.45. The molecule has 41 heavy (non-hydrogen) atoms. The van der Waals surface area contributed by atoms with Gasteiger partial charge >= 0.3 is 6.18 Å². The maximum absolute atomic E-state index is 14.4. The van der Waals surface area contributed by atoms with Crippen molar-refractivity contribution in [2.24, 2.45) is 0 Å². The maximum atomic E-state index is 14.4. The van der Waals surface area contributed by atoms with E-state index in [1.54, 1.807) is 0 Å². The molecule has 2 amide bonds. The number of aromatic nitrogens is 1. The first-order chi connectivity index (χ1) is 19.3. The highest BCUT2D eigenvalue weighted by Crippen LogP contribution is 2.39. The minimum absolute atomic E-state index is 0.0377. The lowest BCUT2D eigenvalue weighted by atomic mass is 9.95. The number of pyridine rings is 1. The molecule has 1 aromatic heterocycles. The van der Waals surface area contributed by atoms with Crippen LogP contribution in [0, 0.1) is 5.82 Å². The number of methoxy groups -OCH3 is 1. The number of aliphatic hydroxyl groups is 1. The van der Waals surface area contributed by atoms with E-state index in [4.69, 9.17) is 21.1 Å². The number of amides is 2. The lowest BCUT2D eigenvalue weighted by Crippen LogP contribution is -2.51. The number of ether oxygens (including phenoxy) is 2. The highest BCUT2D eigenvalue weighted by molar-refractivity contribution is 6.31. The van der Waals surface area contributed by atoms with Gasteiger partial charge in [-0.3, -0.25) is 9.59 Å². The number of rotatable bonds is 11. The quantitative estimate of drug-likeness (QED) is 0.264. The number of alkyl halides is 3. The molecule has 0 saturated heterocycles. The highest BCUT2D eigenvalue weighted by atomic mass is 35.5. The Balaban J connectivity index is 2.00. The molecule has 0 spiro atoms. The van der Waals surface area contributed by atoms with Gasteiger partial charge < -0.3 is 25.2 Å². The lowest BCUT2D eigenvalue weighted by molar-refractivity contribution is -0.265. The number of benzene rings is 2. The molecule has 3 N–H and O–H groups in total. The summed E-state index contributed by atoms with van der Waals surface area (Å²) in [5, 5.41) is 15.3. The Labute approximate surface area is 238 Å². The van der Waals surface area contributed by atoms with Crippen LogP contribution in [0.3, 0.4) is 0 Å². The Morgan fingerprint density at radius 2 is 1.78 bits per heavy atom. The van der Waals surface area contributed by atoms with Crippen molar-refractivity contribution in [1.29, 1.82) is 0 Å². The van der Waals surface area contributed by atoms with E-state index in [1.165, 1.54) is 50.4 Å². The van der Waals surface area contributed by atoms with Crippen LogP contribution < -0.4 is 20.1 Å². The molecule has 0 radical (unpaired) electrons. The summed E-state index contributed by atoms with van der Waals surface area (Å²) < 4.78 is 67.7. The van der Waals surface area contributed by atoms with E-state index in [9.17, 15) is 32.3 Å². The standard InChI is InChI=1S/C28H28ClF4N3O5/c1-4-9-41-23-8-6-19(13-24(23)40-3)26(38)35-15-27(39,28(31,32)33)25-11-17(14-34-16(2)37)10-22(36-25)18-5-7-21(30)20(29)12-18/h5-8,10-13,39H,4,9,14-15H2,1-3H3,(H,34,37)(H,35,38).